The molecule has 1 amide bonds. The van der Waals surface area contributed by atoms with Crippen LogP contribution in [-0.2, 0) is 10.0 Å². The number of likely N-dealkylation sites (N-methyl/N-ethyl adjacent to an activating group) is 1. The number of amides is 1. The monoisotopic (exact) mass is 584 g/mol. The van der Waals surface area contributed by atoms with E-state index in [4.69, 9.17) is 14.5 Å². The topological polar surface area (TPSA) is 92.3 Å². The molecule has 12 heteroatoms. The highest BCUT2D eigenvalue weighted by Gasteiger charge is 2.25. The van der Waals surface area contributed by atoms with Gasteiger partial charge in [0.15, 0.2) is 16.6 Å². The summed E-state index contributed by atoms with van der Waals surface area (Å²) in [6, 6.07) is 9.80. The van der Waals surface area contributed by atoms with E-state index in [9.17, 15) is 13.2 Å². The van der Waals surface area contributed by atoms with E-state index in [-0.39, 0.29) is 23.2 Å². The number of thiazole rings is 1. The number of methoxy groups -OCH3 is 2. The molecule has 210 valence electrons. The Morgan fingerprint density at radius 2 is 1.47 bits per heavy atom. The molecule has 0 saturated heterocycles. The van der Waals surface area contributed by atoms with Crippen molar-refractivity contribution in [3.63, 3.8) is 0 Å². The Morgan fingerprint density at radius 1 is 0.895 bits per heavy atom. The number of anilines is 1. The first-order valence-corrected chi connectivity index (χ1v) is 14.7. The minimum atomic E-state index is -3.61. The van der Waals surface area contributed by atoms with Gasteiger partial charge in [-0.1, -0.05) is 39.0 Å². The third-order valence-electron chi connectivity index (χ3n) is 6.34. The van der Waals surface area contributed by atoms with Gasteiger partial charge >= 0.3 is 0 Å². The largest absolute Gasteiger partial charge is 0.493 e. The van der Waals surface area contributed by atoms with Crippen molar-refractivity contribution in [2.24, 2.45) is 0 Å². The Morgan fingerprint density at radius 3 is 2.00 bits per heavy atom. The quantitative estimate of drug-likeness (QED) is 0.286. The molecule has 0 aliphatic rings. The Bertz CT molecular complexity index is 1270. The van der Waals surface area contributed by atoms with Crippen LogP contribution in [0.25, 0.3) is 10.2 Å². The second kappa shape index (κ2) is 14.1. The van der Waals surface area contributed by atoms with Crippen molar-refractivity contribution in [3.8, 4) is 11.5 Å². The number of hydrogen-bond acceptors (Lipinski definition) is 8. The summed E-state index contributed by atoms with van der Waals surface area (Å²) in [5.74, 6) is 0.922. The van der Waals surface area contributed by atoms with Crippen molar-refractivity contribution in [1.82, 2.24) is 14.2 Å². The maximum Gasteiger partial charge on any atom is 0.260 e. The third-order valence-corrected chi connectivity index (χ3v) is 9.44. The molecule has 0 fully saturated rings. The molecule has 0 unspecified atom stereocenters. The molecule has 0 N–H and O–H groups in total. The van der Waals surface area contributed by atoms with Gasteiger partial charge in [0, 0.05) is 43.9 Å². The van der Waals surface area contributed by atoms with Gasteiger partial charge in [-0.05, 0) is 37.4 Å². The maximum absolute atomic E-state index is 13.7. The van der Waals surface area contributed by atoms with Gasteiger partial charge in [0.1, 0.15) is 0 Å². The first-order chi connectivity index (χ1) is 17.7. The van der Waals surface area contributed by atoms with Crippen LogP contribution in [0.5, 0.6) is 11.5 Å². The number of aromatic nitrogens is 1. The zero-order valence-corrected chi connectivity index (χ0v) is 25.2. The molecular formula is C26H37ClN4O5S2. The molecule has 2 aromatic carbocycles. The molecular weight excluding hydrogens is 548 g/mol. The van der Waals surface area contributed by atoms with E-state index in [0.717, 1.165) is 17.8 Å². The van der Waals surface area contributed by atoms with Crippen LogP contribution in [0.3, 0.4) is 0 Å². The van der Waals surface area contributed by atoms with Gasteiger partial charge in [-0.25, -0.2) is 13.4 Å². The number of halogens is 1. The molecule has 0 atom stereocenters. The standard InChI is InChI=1S/C26H36N4O5S2.ClH/c1-7-28(8-2)15-16-30(26-27-21-17-22(34-5)23(35-6)18-24(21)36-26)25(31)19-11-13-20(14-12-19)37(32,33)29(9-3)10-4;/h11-14,17-18H,7-10,15-16H2,1-6H3;1H. The molecule has 1 aromatic heterocycles. The minimum absolute atomic E-state index is 0. The van der Waals surface area contributed by atoms with Crippen molar-refractivity contribution < 1.29 is 22.7 Å². The van der Waals surface area contributed by atoms with Crippen molar-refractivity contribution in [1.29, 1.82) is 0 Å². The predicted molar refractivity (Wildman–Crippen MR) is 156 cm³/mol. The lowest BCUT2D eigenvalue weighted by molar-refractivity contribution is 0.0983. The number of carbonyl (C=O) groups excluding carboxylic acids is 1. The van der Waals surface area contributed by atoms with Crippen molar-refractivity contribution in [2.45, 2.75) is 32.6 Å². The average molecular weight is 585 g/mol. The van der Waals surface area contributed by atoms with Crippen molar-refractivity contribution >= 4 is 55.0 Å². The number of benzene rings is 2. The van der Waals surface area contributed by atoms with Gasteiger partial charge in [-0.3, -0.25) is 9.69 Å². The van der Waals surface area contributed by atoms with Crippen LogP contribution in [0, 0.1) is 0 Å². The molecule has 0 bridgehead atoms. The summed E-state index contributed by atoms with van der Waals surface area (Å²) in [5.41, 5.74) is 1.10. The molecule has 0 aliphatic carbocycles. The smallest absolute Gasteiger partial charge is 0.260 e. The maximum atomic E-state index is 13.7. The van der Waals surface area contributed by atoms with E-state index < -0.39 is 10.0 Å². The zero-order valence-electron chi connectivity index (χ0n) is 22.8. The van der Waals surface area contributed by atoms with E-state index in [1.165, 1.54) is 27.8 Å². The van der Waals surface area contributed by atoms with E-state index in [1.807, 2.05) is 6.07 Å². The number of rotatable bonds is 13. The lowest BCUT2D eigenvalue weighted by Gasteiger charge is -2.25. The van der Waals surface area contributed by atoms with Crippen LogP contribution < -0.4 is 14.4 Å². The summed E-state index contributed by atoms with van der Waals surface area (Å²) < 4.78 is 38.8. The van der Waals surface area contributed by atoms with Crippen LogP contribution in [0.1, 0.15) is 38.1 Å². The molecule has 3 aromatic rings. The second-order valence-electron chi connectivity index (χ2n) is 8.27. The van der Waals surface area contributed by atoms with Crippen LogP contribution >= 0.6 is 23.7 Å². The molecule has 0 radical (unpaired) electrons. The first kappa shape index (κ1) is 31.8. The number of sulfonamides is 1. The number of hydrogen-bond donors (Lipinski definition) is 0. The Kier molecular flexibility index (Phi) is 11.8. The van der Waals surface area contributed by atoms with Crippen LogP contribution in [0.4, 0.5) is 5.13 Å². The van der Waals surface area contributed by atoms with E-state index in [1.54, 1.807) is 51.2 Å². The van der Waals surface area contributed by atoms with E-state index in [0.29, 0.717) is 53.9 Å². The van der Waals surface area contributed by atoms with Gasteiger partial charge in [-0.2, -0.15) is 4.31 Å². The zero-order chi connectivity index (χ0) is 27.2. The SMILES string of the molecule is CCN(CC)CCN(C(=O)c1ccc(S(=O)(=O)N(CC)CC)cc1)c1nc2cc(OC)c(OC)cc2s1.Cl. The van der Waals surface area contributed by atoms with E-state index in [2.05, 4.69) is 18.7 Å². The summed E-state index contributed by atoms with van der Waals surface area (Å²) in [5, 5.41) is 0.558. The highest BCUT2D eigenvalue weighted by Crippen LogP contribution is 2.37. The Labute approximate surface area is 235 Å². The molecule has 9 nitrogen and oxygen atoms in total. The fourth-order valence-electron chi connectivity index (χ4n) is 4.06. The van der Waals surface area contributed by atoms with Gasteiger partial charge in [0.2, 0.25) is 10.0 Å². The summed E-state index contributed by atoms with van der Waals surface area (Å²) in [6.45, 7) is 11.4. The lowest BCUT2D eigenvalue weighted by Crippen LogP contribution is -2.39. The fourth-order valence-corrected chi connectivity index (χ4v) is 6.52. The molecule has 38 heavy (non-hydrogen) atoms. The Hall–Kier alpha value is -2.44. The number of ether oxygens (including phenoxy) is 2. The number of carbonyl (C=O) groups is 1. The average Bonchev–Trinajstić information content (AvgIpc) is 3.33. The normalized spacial score (nSPS) is 11.6. The lowest BCUT2D eigenvalue weighted by atomic mass is 10.2. The fraction of sp³-hybridized carbons (Fsp3) is 0.462. The number of fused-ring (bicyclic) bond motifs is 1. The highest BCUT2D eigenvalue weighted by atomic mass is 35.5. The predicted octanol–water partition coefficient (Wildman–Crippen LogP) is 4.75. The summed E-state index contributed by atoms with van der Waals surface area (Å²) >= 11 is 1.40. The third kappa shape index (κ3) is 6.76. The summed E-state index contributed by atoms with van der Waals surface area (Å²) in [7, 11) is -0.458. The van der Waals surface area contributed by atoms with E-state index >= 15 is 0 Å². The van der Waals surface area contributed by atoms with Crippen LogP contribution in [-0.4, -0.2) is 82.0 Å². The van der Waals surface area contributed by atoms with Gasteiger partial charge in [0.05, 0.1) is 29.3 Å². The second-order valence-corrected chi connectivity index (χ2v) is 11.2. The van der Waals surface area contributed by atoms with Crippen LogP contribution in [0.15, 0.2) is 41.3 Å². The highest BCUT2D eigenvalue weighted by molar-refractivity contribution is 7.89. The summed E-state index contributed by atoms with van der Waals surface area (Å²) in [6.07, 6.45) is 0. The molecule has 0 spiro atoms. The minimum Gasteiger partial charge on any atom is -0.493 e. The van der Waals surface area contributed by atoms with Gasteiger partial charge in [-0.15, -0.1) is 12.4 Å². The molecule has 0 saturated carbocycles. The van der Waals surface area contributed by atoms with Gasteiger partial charge in [0.25, 0.3) is 5.91 Å². The Balaban J connectivity index is 0.00000507. The number of nitrogens with zero attached hydrogens (tertiary/aromatic N) is 4. The van der Waals surface area contributed by atoms with Crippen molar-refractivity contribution in [2.75, 3.05) is 58.4 Å². The van der Waals surface area contributed by atoms with Gasteiger partial charge < -0.3 is 14.4 Å². The molecule has 3 rings (SSSR count). The molecule has 1 heterocycles. The molecule has 0 aliphatic heterocycles. The van der Waals surface area contributed by atoms with Crippen LogP contribution in [0.2, 0.25) is 0 Å². The van der Waals surface area contributed by atoms with Crippen molar-refractivity contribution in [3.05, 3.63) is 42.0 Å². The first-order valence-electron chi connectivity index (χ1n) is 12.4. The summed E-state index contributed by atoms with van der Waals surface area (Å²) in [4.78, 5) is 22.5.